The van der Waals surface area contributed by atoms with Crippen molar-refractivity contribution in [1.29, 1.82) is 0 Å². The van der Waals surface area contributed by atoms with Gasteiger partial charge in [-0.15, -0.1) is 6.42 Å². The standard InChI is InChI=1S/C7H8O2/c1-2-3-4-5-6-7(8)9/h1,3-4H,5-6H2,(H,8,9)/b4-3-. The van der Waals surface area contributed by atoms with Gasteiger partial charge in [-0.2, -0.15) is 0 Å². The monoisotopic (exact) mass is 124 g/mol. The molecule has 9 heavy (non-hydrogen) atoms. The van der Waals surface area contributed by atoms with Gasteiger partial charge in [0.1, 0.15) is 0 Å². The Hall–Kier alpha value is -1.23. The molecule has 0 saturated carbocycles. The Bertz CT molecular complexity index is 151. The normalized spacial score (nSPS) is 9.22. The van der Waals surface area contributed by atoms with E-state index in [-0.39, 0.29) is 6.42 Å². The molecule has 0 spiro atoms. The number of carboxylic acid groups (broad SMARTS) is 1. The van der Waals surface area contributed by atoms with Gasteiger partial charge in [0.25, 0.3) is 0 Å². The lowest BCUT2D eigenvalue weighted by molar-refractivity contribution is -0.136. The molecule has 0 fully saturated rings. The molecule has 0 aromatic carbocycles. The molecular weight excluding hydrogens is 116 g/mol. The van der Waals surface area contributed by atoms with Crippen molar-refractivity contribution in [3.05, 3.63) is 12.2 Å². The van der Waals surface area contributed by atoms with E-state index in [9.17, 15) is 4.79 Å². The Balaban J connectivity index is 3.22. The second-order valence-electron chi connectivity index (χ2n) is 1.50. The maximum atomic E-state index is 9.88. The van der Waals surface area contributed by atoms with Crippen molar-refractivity contribution in [3.63, 3.8) is 0 Å². The molecule has 0 atom stereocenters. The number of rotatable bonds is 3. The summed E-state index contributed by atoms with van der Waals surface area (Å²) in [5.41, 5.74) is 0. The average molecular weight is 124 g/mol. The zero-order valence-electron chi connectivity index (χ0n) is 5.00. The largest absolute Gasteiger partial charge is 0.481 e. The lowest BCUT2D eigenvalue weighted by Crippen LogP contribution is -1.91. The second-order valence-corrected chi connectivity index (χ2v) is 1.50. The zero-order valence-corrected chi connectivity index (χ0v) is 5.00. The van der Waals surface area contributed by atoms with E-state index in [2.05, 4.69) is 5.92 Å². The van der Waals surface area contributed by atoms with Crippen LogP contribution >= 0.6 is 0 Å². The van der Waals surface area contributed by atoms with Crippen molar-refractivity contribution < 1.29 is 9.90 Å². The summed E-state index contributed by atoms with van der Waals surface area (Å²) in [4.78, 5) is 9.88. The van der Waals surface area contributed by atoms with Gasteiger partial charge in [0.05, 0.1) is 0 Å². The molecular formula is C7H8O2. The van der Waals surface area contributed by atoms with Crippen LogP contribution in [0.4, 0.5) is 0 Å². The van der Waals surface area contributed by atoms with Crippen LogP contribution in [-0.4, -0.2) is 11.1 Å². The number of hydrogen-bond donors (Lipinski definition) is 1. The highest BCUT2D eigenvalue weighted by molar-refractivity contribution is 5.66. The van der Waals surface area contributed by atoms with Gasteiger partial charge >= 0.3 is 5.97 Å². The van der Waals surface area contributed by atoms with Crippen LogP contribution in [-0.2, 0) is 4.79 Å². The predicted molar refractivity (Wildman–Crippen MR) is 34.8 cm³/mol. The molecule has 0 amide bonds. The molecule has 0 aliphatic heterocycles. The fourth-order valence-corrected chi connectivity index (χ4v) is 0.358. The smallest absolute Gasteiger partial charge is 0.303 e. The van der Waals surface area contributed by atoms with Crippen LogP contribution in [0.2, 0.25) is 0 Å². The summed E-state index contributed by atoms with van der Waals surface area (Å²) in [6.07, 6.45) is 8.69. The molecule has 0 unspecified atom stereocenters. The van der Waals surface area contributed by atoms with E-state index in [1.807, 2.05) is 0 Å². The van der Waals surface area contributed by atoms with E-state index in [1.54, 1.807) is 6.08 Å². The number of terminal acetylenes is 1. The fraction of sp³-hybridized carbons (Fsp3) is 0.286. The van der Waals surface area contributed by atoms with Crippen LogP contribution in [0.5, 0.6) is 0 Å². The summed E-state index contributed by atoms with van der Waals surface area (Å²) in [6.45, 7) is 0. The molecule has 0 rings (SSSR count). The first-order valence-corrected chi connectivity index (χ1v) is 2.60. The van der Waals surface area contributed by atoms with E-state index >= 15 is 0 Å². The fourth-order valence-electron chi connectivity index (χ4n) is 0.358. The van der Waals surface area contributed by atoms with Gasteiger partial charge in [0, 0.05) is 6.42 Å². The molecule has 0 aliphatic carbocycles. The van der Waals surface area contributed by atoms with Gasteiger partial charge in [-0.25, -0.2) is 0 Å². The van der Waals surface area contributed by atoms with Crippen LogP contribution in [0.15, 0.2) is 12.2 Å². The molecule has 1 N–H and O–H groups in total. The number of aliphatic carboxylic acids is 1. The van der Waals surface area contributed by atoms with Crippen LogP contribution in [0.1, 0.15) is 12.8 Å². The third-order valence-corrected chi connectivity index (χ3v) is 0.739. The van der Waals surface area contributed by atoms with E-state index in [4.69, 9.17) is 11.5 Å². The van der Waals surface area contributed by atoms with Gasteiger partial charge in [-0.05, 0) is 12.5 Å². The molecule has 48 valence electrons. The summed E-state index contributed by atoms with van der Waals surface area (Å²) in [7, 11) is 0. The van der Waals surface area contributed by atoms with Crippen LogP contribution < -0.4 is 0 Å². The van der Waals surface area contributed by atoms with Gasteiger partial charge < -0.3 is 5.11 Å². The minimum absolute atomic E-state index is 0.151. The molecule has 2 heteroatoms. The Morgan fingerprint density at radius 2 is 2.44 bits per heavy atom. The van der Waals surface area contributed by atoms with Crippen molar-refractivity contribution in [1.82, 2.24) is 0 Å². The van der Waals surface area contributed by atoms with E-state index in [0.717, 1.165) is 0 Å². The van der Waals surface area contributed by atoms with Crippen LogP contribution in [0, 0.1) is 12.3 Å². The molecule has 0 saturated heterocycles. The Kier molecular flexibility index (Phi) is 4.25. The highest BCUT2D eigenvalue weighted by Gasteiger charge is 1.90. The minimum Gasteiger partial charge on any atom is -0.481 e. The maximum absolute atomic E-state index is 9.88. The summed E-state index contributed by atoms with van der Waals surface area (Å²) >= 11 is 0. The average Bonchev–Trinajstić information content (AvgIpc) is 1.80. The minimum atomic E-state index is -0.795. The van der Waals surface area contributed by atoms with E-state index in [0.29, 0.717) is 6.42 Å². The SMILES string of the molecule is C#C/C=C\CCC(=O)O. The van der Waals surface area contributed by atoms with Crippen LogP contribution in [0.25, 0.3) is 0 Å². The Morgan fingerprint density at radius 1 is 1.78 bits per heavy atom. The first-order valence-electron chi connectivity index (χ1n) is 2.60. The summed E-state index contributed by atoms with van der Waals surface area (Å²) in [5, 5.41) is 8.13. The Labute approximate surface area is 54.2 Å². The summed E-state index contributed by atoms with van der Waals surface area (Å²) in [6, 6.07) is 0. The number of carboxylic acids is 1. The quantitative estimate of drug-likeness (QED) is 0.571. The zero-order chi connectivity index (χ0) is 7.11. The number of allylic oxidation sites excluding steroid dienone is 2. The van der Waals surface area contributed by atoms with Crippen LogP contribution in [0.3, 0.4) is 0 Å². The lowest BCUT2D eigenvalue weighted by Gasteiger charge is -1.83. The van der Waals surface area contributed by atoms with Crippen molar-refractivity contribution >= 4 is 5.97 Å². The third kappa shape index (κ3) is 6.77. The van der Waals surface area contributed by atoms with E-state index in [1.165, 1.54) is 6.08 Å². The molecule has 0 aromatic heterocycles. The van der Waals surface area contributed by atoms with Gasteiger partial charge in [-0.1, -0.05) is 12.0 Å². The first-order chi connectivity index (χ1) is 4.27. The lowest BCUT2D eigenvalue weighted by atomic mass is 10.3. The highest BCUT2D eigenvalue weighted by atomic mass is 16.4. The molecule has 0 radical (unpaired) electrons. The van der Waals surface area contributed by atoms with Crippen molar-refractivity contribution in [3.8, 4) is 12.3 Å². The molecule has 0 heterocycles. The second kappa shape index (κ2) is 4.92. The highest BCUT2D eigenvalue weighted by Crippen LogP contribution is 1.88. The number of carbonyl (C=O) groups is 1. The van der Waals surface area contributed by atoms with Gasteiger partial charge in [0.15, 0.2) is 0 Å². The van der Waals surface area contributed by atoms with Gasteiger partial charge in [-0.3, -0.25) is 4.79 Å². The Morgan fingerprint density at radius 3 is 2.89 bits per heavy atom. The summed E-state index contributed by atoms with van der Waals surface area (Å²) < 4.78 is 0. The molecule has 0 bridgehead atoms. The van der Waals surface area contributed by atoms with Crippen molar-refractivity contribution in [2.24, 2.45) is 0 Å². The molecule has 0 aromatic rings. The molecule has 2 nitrogen and oxygen atoms in total. The first kappa shape index (κ1) is 7.77. The van der Waals surface area contributed by atoms with E-state index < -0.39 is 5.97 Å². The number of hydrogen-bond acceptors (Lipinski definition) is 1. The topological polar surface area (TPSA) is 37.3 Å². The van der Waals surface area contributed by atoms with Crippen molar-refractivity contribution in [2.45, 2.75) is 12.8 Å². The maximum Gasteiger partial charge on any atom is 0.303 e. The van der Waals surface area contributed by atoms with Gasteiger partial charge in [0.2, 0.25) is 0 Å². The molecule has 0 aliphatic rings. The third-order valence-electron chi connectivity index (χ3n) is 0.739. The van der Waals surface area contributed by atoms with Crippen molar-refractivity contribution in [2.75, 3.05) is 0 Å². The summed E-state index contributed by atoms with van der Waals surface area (Å²) in [5.74, 6) is 1.47. The predicted octanol–water partition coefficient (Wildman–Crippen LogP) is 1.04.